The number of nitrogens with zero attached hydrogens (tertiary/aromatic N) is 3. The molecular formula is C17H13F3N4O2. The molecule has 0 aliphatic rings. The molecule has 0 unspecified atom stereocenters. The molecule has 0 saturated carbocycles. The highest BCUT2D eigenvalue weighted by Gasteiger charge is 2.30. The minimum absolute atomic E-state index is 0.111. The van der Waals surface area contributed by atoms with Gasteiger partial charge in [0.1, 0.15) is 5.69 Å². The number of aromatic nitrogens is 3. The Balaban J connectivity index is 1.66. The van der Waals surface area contributed by atoms with Crippen molar-refractivity contribution < 1.29 is 22.5 Å². The normalized spacial score (nSPS) is 11.4. The van der Waals surface area contributed by atoms with Crippen LogP contribution < -0.4 is 5.32 Å². The van der Waals surface area contributed by atoms with Crippen LogP contribution in [-0.4, -0.2) is 21.0 Å². The third kappa shape index (κ3) is 4.05. The van der Waals surface area contributed by atoms with Crippen molar-refractivity contribution in [2.75, 3.05) is 0 Å². The lowest BCUT2D eigenvalue weighted by Crippen LogP contribution is -2.23. The minimum Gasteiger partial charge on any atom is -0.343 e. The van der Waals surface area contributed by atoms with E-state index in [0.717, 1.165) is 17.7 Å². The molecular weight excluding hydrogens is 349 g/mol. The number of pyridine rings is 1. The van der Waals surface area contributed by atoms with E-state index in [4.69, 9.17) is 4.52 Å². The zero-order valence-electron chi connectivity index (χ0n) is 13.5. The number of hydrogen-bond acceptors (Lipinski definition) is 5. The summed E-state index contributed by atoms with van der Waals surface area (Å²) in [5.74, 6) is -0.305. The summed E-state index contributed by atoms with van der Waals surface area (Å²) >= 11 is 0. The molecule has 9 heteroatoms. The Morgan fingerprint density at radius 2 is 2.04 bits per heavy atom. The lowest BCUT2D eigenvalue weighted by atomic mass is 10.1. The van der Waals surface area contributed by atoms with Crippen LogP contribution in [0.4, 0.5) is 13.2 Å². The van der Waals surface area contributed by atoms with Crippen molar-refractivity contribution in [1.29, 1.82) is 0 Å². The zero-order valence-corrected chi connectivity index (χ0v) is 13.5. The summed E-state index contributed by atoms with van der Waals surface area (Å²) in [4.78, 5) is 20.3. The number of amides is 1. The van der Waals surface area contributed by atoms with Crippen LogP contribution in [0.5, 0.6) is 0 Å². The van der Waals surface area contributed by atoms with Crippen LogP contribution in [0.25, 0.3) is 11.5 Å². The van der Waals surface area contributed by atoms with Crippen molar-refractivity contribution in [3.8, 4) is 11.5 Å². The lowest BCUT2D eigenvalue weighted by molar-refractivity contribution is -0.137. The number of aryl methyl sites for hydroxylation is 1. The molecule has 134 valence electrons. The van der Waals surface area contributed by atoms with Crippen LogP contribution in [0.15, 0.2) is 47.1 Å². The SMILES string of the molecule is Cc1ccc(-c2noc(CNC(=O)c3cccc(C(F)(F)F)c3)n2)nc1. The molecule has 3 rings (SSSR count). The van der Waals surface area contributed by atoms with Crippen molar-refractivity contribution in [3.63, 3.8) is 0 Å². The molecule has 0 aliphatic heterocycles. The van der Waals surface area contributed by atoms with Gasteiger partial charge in [0.2, 0.25) is 11.7 Å². The van der Waals surface area contributed by atoms with E-state index in [1.165, 1.54) is 12.1 Å². The molecule has 0 atom stereocenters. The number of alkyl halides is 3. The maximum atomic E-state index is 12.7. The summed E-state index contributed by atoms with van der Waals surface area (Å²) in [5, 5.41) is 6.21. The summed E-state index contributed by atoms with van der Waals surface area (Å²) in [6.45, 7) is 1.77. The van der Waals surface area contributed by atoms with Crippen LogP contribution in [0.3, 0.4) is 0 Å². The second-order valence-corrected chi connectivity index (χ2v) is 5.49. The van der Waals surface area contributed by atoms with E-state index in [1.54, 1.807) is 12.3 Å². The summed E-state index contributed by atoms with van der Waals surface area (Å²) in [5.41, 5.74) is 0.482. The van der Waals surface area contributed by atoms with E-state index in [2.05, 4.69) is 20.4 Å². The highest BCUT2D eigenvalue weighted by atomic mass is 19.4. The number of nitrogens with one attached hydrogen (secondary N) is 1. The third-order valence-corrected chi connectivity index (χ3v) is 3.46. The van der Waals surface area contributed by atoms with Crippen LogP contribution in [0.2, 0.25) is 0 Å². The minimum atomic E-state index is -4.52. The molecule has 2 aromatic heterocycles. The standard InChI is InChI=1S/C17H13F3N4O2/c1-10-5-6-13(21-8-10)15-23-14(26-24-15)9-22-16(25)11-3-2-4-12(7-11)17(18,19)20/h2-8H,9H2,1H3,(H,22,25). The predicted molar refractivity (Wildman–Crippen MR) is 84.9 cm³/mol. The molecule has 0 spiro atoms. The lowest BCUT2D eigenvalue weighted by Gasteiger charge is -2.08. The van der Waals surface area contributed by atoms with Crippen molar-refractivity contribution in [3.05, 3.63) is 65.2 Å². The van der Waals surface area contributed by atoms with Crippen molar-refractivity contribution >= 4 is 5.91 Å². The fourth-order valence-electron chi connectivity index (χ4n) is 2.13. The van der Waals surface area contributed by atoms with Gasteiger partial charge < -0.3 is 9.84 Å². The average Bonchev–Trinajstić information content (AvgIpc) is 3.08. The van der Waals surface area contributed by atoms with Crippen molar-refractivity contribution in [2.24, 2.45) is 0 Å². The summed E-state index contributed by atoms with van der Waals surface area (Å²) in [6, 6.07) is 7.71. The van der Waals surface area contributed by atoms with Crippen LogP contribution in [0, 0.1) is 6.92 Å². The second-order valence-electron chi connectivity index (χ2n) is 5.49. The second kappa shape index (κ2) is 6.95. The molecule has 1 aromatic carbocycles. The fourth-order valence-corrected chi connectivity index (χ4v) is 2.13. The number of hydrogen-bond donors (Lipinski definition) is 1. The van der Waals surface area contributed by atoms with Crippen LogP contribution >= 0.6 is 0 Å². The Morgan fingerprint density at radius 1 is 1.23 bits per heavy atom. The Bertz CT molecular complexity index is 920. The monoisotopic (exact) mass is 362 g/mol. The Labute approximate surface area is 146 Å². The smallest absolute Gasteiger partial charge is 0.343 e. The van der Waals surface area contributed by atoms with E-state index in [1.807, 2.05) is 13.0 Å². The zero-order chi connectivity index (χ0) is 18.7. The molecule has 2 heterocycles. The number of benzene rings is 1. The van der Waals surface area contributed by atoms with Gasteiger partial charge in [0.05, 0.1) is 12.1 Å². The molecule has 1 amide bonds. The molecule has 0 fully saturated rings. The Hall–Kier alpha value is -3.23. The van der Waals surface area contributed by atoms with Crippen LogP contribution in [-0.2, 0) is 12.7 Å². The Morgan fingerprint density at radius 3 is 2.73 bits per heavy atom. The molecule has 0 bridgehead atoms. The van der Waals surface area contributed by atoms with E-state index in [9.17, 15) is 18.0 Å². The number of carbonyl (C=O) groups excluding carboxylic acids is 1. The first-order chi connectivity index (χ1) is 12.3. The van der Waals surface area contributed by atoms with Gasteiger partial charge >= 0.3 is 6.18 Å². The van der Waals surface area contributed by atoms with Crippen LogP contribution in [0.1, 0.15) is 27.4 Å². The first-order valence-electron chi connectivity index (χ1n) is 7.54. The van der Waals surface area contributed by atoms with Gasteiger partial charge in [0, 0.05) is 11.8 Å². The fraction of sp³-hybridized carbons (Fsp3) is 0.176. The van der Waals surface area contributed by atoms with E-state index in [-0.39, 0.29) is 23.8 Å². The van der Waals surface area contributed by atoms with Gasteiger partial charge in [-0.15, -0.1) is 0 Å². The van der Waals surface area contributed by atoms with Gasteiger partial charge in [-0.2, -0.15) is 18.2 Å². The molecule has 0 radical (unpaired) electrons. The molecule has 0 saturated heterocycles. The van der Waals surface area contributed by atoms with E-state index >= 15 is 0 Å². The van der Waals surface area contributed by atoms with E-state index in [0.29, 0.717) is 5.69 Å². The van der Waals surface area contributed by atoms with Crippen molar-refractivity contribution in [1.82, 2.24) is 20.4 Å². The predicted octanol–water partition coefficient (Wildman–Crippen LogP) is 3.39. The maximum Gasteiger partial charge on any atom is 0.416 e. The number of rotatable bonds is 4. The van der Waals surface area contributed by atoms with Gasteiger partial charge in [-0.3, -0.25) is 9.78 Å². The average molecular weight is 362 g/mol. The number of halogens is 3. The molecule has 1 N–H and O–H groups in total. The van der Waals surface area contributed by atoms with Gasteiger partial charge in [0.25, 0.3) is 5.91 Å². The topological polar surface area (TPSA) is 80.9 Å². The van der Waals surface area contributed by atoms with Gasteiger partial charge in [-0.1, -0.05) is 17.3 Å². The number of carbonyl (C=O) groups is 1. The highest BCUT2D eigenvalue weighted by Crippen LogP contribution is 2.29. The third-order valence-electron chi connectivity index (χ3n) is 3.46. The quantitative estimate of drug-likeness (QED) is 0.769. The van der Waals surface area contributed by atoms with E-state index < -0.39 is 17.6 Å². The molecule has 6 nitrogen and oxygen atoms in total. The maximum absolute atomic E-state index is 12.7. The molecule has 0 aliphatic carbocycles. The van der Waals surface area contributed by atoms with Gasteiger partial charge in [-0.25, -0.2) is 0 Å². The molecule has 3 aromatic rings. The molecule has 26 heavy (non-hydrogen) atoms. The Kier molecular flexibility index (Phi) is 4.70. The highest BCUT2D eigenvalue weighted by molar-refractivity contribution is 5.94. The first kappa shape index (κ1) is 17.6. The summed E-state index contributed by atoms with van der Waals surface area (Å²) < 4.78 is 43.1. The summed E-state index contributed by atoms with van der Waals surface area (Å²) in [7, 11) is 0. The van der Waals surface area contributed by atoms with Gasteiger partial charge in [-0.05, 0) is 36.8 Å². The largest absolute Gasteiger partial charge is 0.416 e. The van der Waals surface area contributed by atoms with Crippen molar-refractivity contribution in [2.45, 2.75) is 19.6 Å². The first-order valence-corrected chi connectivity index (χ1v) is 7.54. The van der Waals surface area contributed by atoms with Gasteiger partial charge in [0.15, 0.2) is 0 Å². The summed E-state index contributed by atoms with van der Waals surface area (Å²) in [6.07, 6.45) is -2.86.